The first kappa shape index (κ1) is 11.3. The molecule has 14 heavy (non-hydrogen) atoms. The second-order valence-electron chi connectivity index (χ2n) is 4.27. The number of carbonyl (C=O) groups is 1. The lowest BCUT2D eigenvalue weighted by Crippen LogP contribution is -2.52. The van der Waals surface area contributed by atoms with Crippen molar-refractivity contribution in [2.45, 2.75) is 45.9 Å². The van der Waals surface area contributed by atoms with E-state index in [0.29, 0.717) is 13.1 Å². The van der Waals surface area contributed by atoms with Gasteiger partial charge in [-0.3, -0.25) is 0 Å². The average molecular weight is 200 g/mol. The van der Waals surface area contributed by atoms with Crippen molar-refractivity contribution in [2.75, 3.05) is 13.1 Å². The highest BCUT2D eigenvalue weighted by molar-refractivity contribution is 5.74. The van der Waals surface area contributed by atoms with Gasteiger partial charge < -0.3 is 15.0 Å². The normalized spacial score (nSPS) is 27.9. The molecule has 0 radical (unpaired) electrons. The number of carbonyl (C=O) groups excluding carboxylic acids is 1. The zero-order valence-corrected chi connectivity index (χ0v) is 9.41. The predicted molar refractivity (Wildman–Crippen MR) is 55.2 cm³/mol. The summed E-state index contributed by atoms with van der Waals surface area (Å²) >= 11 is 0. The molecule has 4 nitrogen and oxygen atoms in total. The van der Waals surface area contributed by atoms with Crippen LogP contribution in [-0.4, -0.2) is 42.3 Å². The van der Waals surface area contributed by atoms with Crippen molar-refractivity contribution in [3.63, 3.8) is 0 Å². The molecule has 1 aliphatic rings. The number of ether oxygens (including phenoxy) is 1. The third kappa shape index (κ3) is 3.18. The van der Waals surface area contributed by atoms with Gasteiger partial charge in [-0.15, -0.1) is 0 Å². The molecule has 1 fully saturated rings. The van der Waals surface area contributed by atoms with Gasteiger partial charge in [0, 0.05) is 19.1 Å². The fourth-order valence-corrected chi connectivity index (χ4v) is 1.68. The summed E-state index contributed by atoms with van der Waals surface area (Å²) in [5.41, 5.74) is 0. The van der Waals surface area contributed by atoms with Gasteiger partial charge in [0.15, 0.2) is 0 Å². The monoisotopic (exact) mass is 200 g/mol. The van der Waals surface area contributed by atoms with Crippen LogP contribution < -0.4 is 5.32 Å². The predicted octanol–water partition coefficient (Wildman–Crippen LogP) is 1.21. The van der Waals surface area contributed by atoms with E-state index < -0.39 is 0 Å². The molecule has 0 spiro atoms. The Hall–Kier alpha value is -0.770. The van der Waals surface area contributed by atoms with Crippen molar-refractivity contribution in [2.24, 2.45) is 0 Å². The van der Waals surface area contributed by atoms with E-state index in [-0.39, 0.29) is 24.3 Å². The van der Waals surface area contributed by atoms with E-state index in [1.165, 1.54) is 0 Å². The maximum Gasteiger partial charge on any atom is 0.317 e. The molecule has 2 amide bonds. The first-order valence-electron chi connectivity index (χ1n) is 5.20. The zero-order chi connectivity index (χ0) is 10.7. The van der Waals surface area contributed by atoms with Gasteiger partial charge in [0.2, 0.25) is 0 Å². The van der Waals surface area contributed by atoms with Crippen LogP contribution >= 0.6 is 0 Å². The quantitative estimate of drug-likeness (QED) is 0.691. The Balaban J connectivity index is 2.46. The number of nitrogens with zero attached hydrogens (tertiary/aromatic N) is 1. The molecule has 1 heterocycles. The highest BCUT2D eigenvalue weighted by atomic mass is 16.5. The lowest BCUT2D eigenvalue weighted by molar-refractivity contribution is -0.0546. The van der Waals surface area contributed by atoms with Crippen LogP contribution in [-0.2, 0) is 4.74 Å². The van der Waals surface area contributed by atoms with Crippen LogP contribution in [0.3, 0.4) is 0 Å². The summed E-state index contributed by atoms with van der Waals surface area (Å²) in [5.74, 6) is 0. The molecule has 0 saturated carbocycles. The first-order chi connectivity index (χ1) is 6.49. The molecule has 82 valence electrons. The Labute approximate surface area is 85.6 Å². The van der Waals surface area contributed by atoms with Gasteiger partial charge in [-0.05, 0) is 27.7 Å². The van der Waals surface area contributed by atoms with E-state index in [1.54, 1.807) is 0 Å². The molecule has 0 unspecified atom stereocenters. The topological polar surface area (TPSA) is 41.6 Å². The fraction of sp³-hybridized carbons (Fsp3) is 0.900. The number of rotatable bonds is 1. The molecule has 1 rings (SSSR count). The summed E-state index contributed by atoms with van der Waals surface area (Å²) in [6, 6.07) is 0.206. The van der Waals surface area contributed by atoms with Gasteiger partial charge >= 0.3 is 6.03 Å². The number of hydrogen-bond acceptors (Lipinski definition) is 2. The van der Waals surface area contributed by atoms with Gasteiger partial charge in [-0.1, -0.05) is 0 Å². The van der Waals surface area contributed by atoms with Crippen molar-refractivity contribution < 1.29 is 9.53 Å². The standard InChI is InChI=1S/C10H20N2O2/c1-7(2)11-10(13)12-5-8(3)14-9(4)6-12/h7-9H,5-6H2,1-4H3,(H,11,13)/t8-,9+. The number of morpholine rings is 1. The van der Waals surface area contributed by atoms with Crippen LogP contribution in [0.25, 0.3) is 0 Å². The third-order valence-corrected chi connectivity index (χ3v) is 2.12. The highest BCUT2D eigenvalue weighted by Gasteiger charge is 2.25. The van der Waals surface area contributed by atoms with Crippen LogP contribution in [0.1, 0.15) is 27.7 Å². The SMILES string of the molecule is CC(C)NC(=O)N1C[C@@H](C)O[C@@H](C)C1. The molecular weight excluding hydrogens is 180 g/mol. The lowest BCUT2D eigenvalue weighted by Gasteiger charge is -2.35. The summed E-state index contributed by atoms with van der Waals surface area (Å²) in [6.07, 6.45) is 0.272. The fourth-order valence-electron chi connectivity index (χ4n) is 1.68. The summed E-state index contributed by atoms with van der Waals surface area (Å²) in [4.78, 5) is 13.5. The lowest BCUT2D eigenvalue weighted by atomic mass is 10.2. The van der Waals surface area contributed by atoms with Crippen molar-refractivity contribution in [3.8, 4) is 0 Å². The zero-order valence-electron chi connectivity index (χ0n) is 9.41. The number of urea groups is 1. The summed E-state index contributed by atoms with van der Waals surface area (Å²) in [7, 11) is 0. The number of nitrogens with one attached hydrogen (secondary N) is 1. The minimum absolute atomic E-state index is 0.0157. The maximum atomic E-state index is 11.7. The number of hydrogen-bond donors (Lipinski definition) is 1. The van der Waals surface area contributed by atoms with Crippen LogP contribution in [0.2, 0.25) is 0 Å². The van der Waals surface area contributed by atoms with E-state index in [9.17, 15) is 4.79 Å². The van der Waals surface area contributed by atoms with E-state index in [0.717, 1.165) is 0 Å². The van der Waals surface area contributed by atoms with Crippen molar-refractivity contribution in [1.29, 1.82) is 0 Å². The van der Waals surface area contributed by atoms with Crippen LogP contribution in [0.4, 0.5) is 4.79 Å². The third-order valence-electron chi connectivity index (χ3n) is 2.12. The molecule has 0 bridgehead atoms. The molecule has 2 atom stereocenters. The van der Waals surface area contributed by atoms with E-state index in [2.05, 4.69) is 5.32 Å². The van der Waals surface area contributed by atoms with Crippen LogP contribution in [0.5, 0.6) is 0 Å². The van der Waals surface area contributed by atoms with E-state index in [4.69, 9.17) is 4.74 Å². The molecule has 1 aliphatic heterocycles. The summed E-state index contributed by atoms with van der Waals surface area (Å²) < 4.78 is 5.55. The van der Waals surface area contributed by atoms with Gasteiger partial charge in [0.25, 0.3) is 0 Å². The molecule has 0 aromatic carbocycles. The Morgan fingerprint density at radius 2 is 1.86 bits per heavy atom. The summed E-state index contributed by atoms with van der Waals surface area (Å²) in [6.45, 7) is 9.28. The molecular formula is C10H20N2O2. The summed E-state index contributed by atoms with van der Waals surface area (Å²) in [5, 5.41) is 2.88. The molecule has 1 saturated heterocycles. The van der Waals surface area contributed by atoms with Gasteiger partial charge in [-0.25, -0.2) is 4.79 Å². The molecule has 4 heteroatoms. The maximum absolute atomic E-state index is 11.7. The van der Waals surface area contributed by atoms with Crippen molar-refractivity contribution in [1.82, 2.24) is 10.2 Å². The highest BCUT2D eigenvalue weighted by Crippen LogP contribution is 2.10. The Bertz CT molecular complexity index is 196. The second-order valence-corrected chi connectivity index (χ2v) is 4.27. The second kappa shape index (κ2) is 4.64. The van der Waals surface area contributed by atoms with Gasteiger partial charge in [0.05, 0.1) is 12.2 Å². The first-order valence-corrected chi connectivity index (χ1v) is 5.20. The molecule has 0 aromatic heterocycles. The van der Waals surface area contributed by atoms with Crippen LogP contribution in [0, 0.1) is 0 Å². The molecule has 1 N–H and O–H groups in total. The smallest absolute Gasteiger partial charge is 0.317 e. The number of amides is 2. The van der Waals surface area contributed by atoms with Crippen LogP contribution in [0.15, 0.2) is 0 Å². The Morgan fingerprint density at radius 3 is 2.29 bits per heavy atom. The van der Waals surface area contributed by atoms with E-state index >= 15 is 0 Å². The van der Waals surface area contributed by atoms with Gasteiger partial charge in [-0.2, -0.15) is 0 Å². The van der Waals surface area contributed by atoms with Gasteiger partial charge in [0.1, 0.15) is 0 Å². The van der Waals surface area contributed by atoms with Crippen molar-refractivity contribution >= 4 is 6.03 Å². The van der Waals surface area contributed by atoms with Crippen molar-refractivity contribution in [3.05, 3.63) is 0 Å². The van der Waals surface area contributed by atoms with E-state index in [1.807, 2.05) is 32.6 Å². The largest absolute Gasteiger partial charge is 0.372 e. The molecule has 0 aliphatic carbocycles. The Kier molecular flexibility index (Phi) is 3.75. The average Bonchev–Trinajstić information content (AvgIpc) is 2.00. The Morgan fingerprint density at radius 1 is 1.36 bits per heavy atom. The minimum Gasteiger partial charge on any atom is -0.372 e. The minimum atomic E-state index is 0.0157. The molecule has 0 aromatic rings.